The lowest BCUT2D eigenvalue weighted by atomic mass is 10.2. The highest BCUT2D eigenvalue weighted by Gasteiger charge is 2.01. The second-order valence-electron chi connectivity index (χ2n) is 3.97. The van der Waals surface area contributed by atoms with Crippen LogP contribution in [0.4, 0.5) is 0 Å². The maximum atomic E-state index is 5.61. The van der Waals surface area contributed by atoms with E-state index in [0.29, 0.717) is 19.8 Å². The second kappa shape index (κ2) is 7.16. The standard InChI is InChI=1S/C15H16BrNO2/c16-15-10-14(7-6-12(15)11-17)19-9-8-18-13-4-2-1-3-5-13/h1-7,10H,8-9,11,17H2. The molecular weight excluding hydrogens is 306 g/mol. The summed E-state index contributed by atoms with van der Waals surface area (Å²) in [5, 5.41) is 0. The van der Waals surface area contributed by atoms with Crippen molar-refractivity contribution in [1.82, 2.24) is 0 Å². The number of halogens is 1. The van der Waals surface area contributed by atoms with E-state index in [1.165, 1.54) is 0 Å². The molecule has 0 fully saturated rings. The van der Waals surface area contributed by atoms with Gasteiger partial charge in [-0.05, 0) is 29.8 Å². The molecule has 0 aliphatic heterocycles. The van der Waals surface area contributed by atoms with Crippen molar-refractivity contribution in [2.45, 2.75) is 6.54 Å². The summed E-state index contributed by atoms with van der Waals surface area (Å²) < 4.78 is 12.1. The average molecular weight is 322 g/mol. The summed E-state index contributed by atoms with van der Waals surface area (Å²) in [5.41, 5.74) is 6.66. The van der Waals surface area contributed by atoms with Gasteiger partial charge in [0, 0.05) is 11.0 Å². The van der Waals surface area contributed by atoms with E-state index in [9.17, 15) is 0 Å². The first-order valence-corrected chi connectivity index (χ1v) is 6.88. The molecule has 0 saturated carbocycles. The van der Waals surface area contributed by atoms with E-state index in [1.807, 2.05) is 48.5 Å². The Kier molecular flexibility index (Phi) is 5.24. The topological polar surface area (TPSA) is 44.5 Å². The van der Waals surface area contributed by atoms with Crippen LogP contribution in [0.15, 0.2) is 53.0 Å². The lowest BCUT2D eigenvalue weighted by Gasteiger charge is -2.09. The molecule has 4 heteroatoms. The summed E-state index contributed by atoms with van der Waals surface area (Å²) in [6, 6.07) is 15.5. The molecule has 0 aliphatic rings. The number of hydrogen-bond acceptors (Lipinski definition) is 3. The molecule has 2 rings (SSSR count). The first kappa shape index (κ1) is 13.9. The van der Waals surface area contributed by atoms with Crippen LogP contribution in [0.1, 0.15) is 5.56 Å². The van der Waals surface area contributed by atoms with Crippen molar-refractivity contribution in [2.75, 3.05) is 13.2 Å². The van der Waals surface area contributed by atoms with Crippen LogP contribution in [0, 0.1) is 0 Å². The van der Waals surface area contributed by atoms with Gasteiger partial charge in [-0.15, -0.1) is 0 Å². The Labute approximate surface area is 121 Å². The van der Waals surface area contributed by atoms with Gasteiger partial charge in [0.15, 0.2) is 0 Å². The SMILES string of the molecule is NCc1ccc(OCCOc2ccccc2)cc1Br. The molecule has 0 atom stereocenters. The van der Waals surface area contributed by atoms with Crippen LogP contribution >= 0.6 is 15.9 Å². The Morgan fingerprint density at radius 3 is 2.21 bits per heavy atom. The van der Waals surface area contributed by atoms with E-state index < -0.39 is 0 Å². The van der Waals surface area contributed by atoms with Crippen LogP contribution in [0.25, 0.3) is 0 Å². The quantitative estimate of drug-likeness (QED) is 0.830. The smallest absolute Gasteiger partial charge is 0.122 e. The van der Waals surface area contributed by atoms with Gasteiger partial charge in [-0.3, -0.25) is 0 Å². The van der Waals surface area contributed by atoms with Gasteiger partial charge < -0.3 is 15.2 Å². The number of benzene rings is 2. The molecule has 0 radical (unpaired) electrons. The number of rotatable bonds is 6. The summed E-state index contributed by atoms with van der Waals surface area (Å²) >= 11 is 3.46. The molecule has 3 nitrogen and oxygen atoms in total. The number of para-hydroxylation sites is 1. The van der Waals surface area contributed by atoms with Crippen LogP contribution in [-0.4, -0.2) is 13.2 Å². The summed E-state index contributed by atoms with van der Waals surface area (Å²) in [6.45, 7) is 1.53. The lowest BCUT2D eigenvalue weighted by molar-refractivity contribution is 0.217. The Bertz CT molecular complexity index is 517. The maximum Gasteiger partial charge on any atom is 0.122 e. The van der Waals surface area contributed by atoms with Crippen molar-refractivity contribution in [3.05, 3.63) is 58.6 Å². The fourth-order valence-electron chi connectivity index (χ4n) is 1.62. The molecule has 100 valence electrons. The van der Waals surface area contributed by atoms with Crippen LogP contribution in [0.5, 0.6) is 11.5 Å². The van der Waals surface area contributed by atoms with Crippen molar-refractivity contribution >= 4 is 15.9 Å². The van der Waals surface area contributed by atoms with Crippen molar-refractivity contribution in [3.63, 3.8) is 0 Å². The van der Waals surface area contributed by atoms with Gasteiger partial charge in [0.1, 0.15) is 24.7 Å². The zero-order valence-electron chi connectivity index (χ0n) is 10.5. The highest BCUT2D eigenvalue weighted by Crippen LogP contribution is 2.22. The second-order valence-corrected chi connectivity index (χ2v) is 4.82. The third-order valence-electron chi connectivity index (χ3n) is 2.61. The van der Waals surface area contributed by atoms with Gasteiger partial charge >= 0.3 is 0 Å². The first-order chi connectivity index (χ1) is 9.29. The van der Waals surface area contributed by atoms with Crippen molar-refractivity contribution in [3.8, 4) is 11.5 Å². The van der Waals surface area contributed by atoms with E-state index in [1.54, 1.807) is 0 Å². The molecule has 0 heterocycles. The van der Waals surface area contributed by atoms with Crippen molar-refractivity contribution in [1.29, 1.82) is 0 Å². The van der Waals surface area contributed by atoms with Crippen LogP contribution in [0.3, 0.4) is 0 Å². The van der Waals surface area contributed by atoms with Crippen molar-refractivity contribution < 1.29 is 9.47 Å². The predicted molar refractivity (Wildman–Crippen MR) is 79.5 cm³/mol. The molecule has 0 aliphatic carbocycles. The minimum Gasteiger partial charge on any atom is -0.490 e. The molecule has 0 unspecified atom stereocenters. The fourth-order valence-corrected chi connectivity index (χ4v) is 2.14. The molecule has 0 bridgehead atoms. The maximum absolute atomic E-state index is 5.61. The van der Waals surface area contributed by atoms with E-state index in [4.69, 9.17) is 15.2 Å². The number of ether oxygens (including phenoxy) is 2. The number of hydrogen-bond donors (Lipinski definition) is 1. The van der Waals surface area contributed by atoms with Gasteiger partial charge in [-0.25, -0.2) is 0 Å². The third-order valence-corrected chi connectivity index (χ3v) is 3.35. The van der Waals surface area contributed by atoms with Crippen LogP contribution in [0.2, 0.25) is 0 Å². The predicted octanol–water partition coefficient (Wildman–Crippen LogP) is 3.37. The Balaban J connectivity index is 1.78. The highest BCUT2D eigenvalue weighted by atomic mass is 79.9. The first-order valence-electron chi connectivity index (χ1n) is 6.09. The van der Waals surface area contributed by atoms with Gasteiger partial charge in [0.2, 0.25) is 0 Å². The monoisotopic (exact) mass is 321 g/mol. The summed E-state index contributed by atoms with van der Waals surface area (Å²) in [7, 11) is 0. The van der Waals surface area contributed by atoms with Gasteiger partial charge in [0.05, 0.1) is 0 Å². The van der Waals surface area contributed by atoms with Gasteiger partial charge in [-0.1, -0.05) is 40.2 Å². The summed E-state index contributed by atoms with van der Waals surface area (Å²) in [5.74, 6) is 1.66. The molecule has 2 aromatic carbocycles. The fraction of sp³-hybridized carbons (Fsp3) is 0.200. The largest absolute Gasteiger partial charge is 0.490 e. The number of nitrogens with two attached hydrogens (primary N) is 1. The molecule has 0 amide bonds. The summed E-state index contributed by atoms with van der Waals surface area (Å²) in [6.07, 6.45) is 0. The zero-order chi connectivity index (χ0) is 13.5. The Morgan fingerprint density at radius 1 is 0.895 bits per heavy atom. The average Bonchev–Trinajstić information content (AvgIpc) is 2.45. The zero-order valence-corrected chi connectivity index (χ0v) is 12.1. The highest BCUT2D eigenvalue weighted by molar-refractivity contribution is 9.10. The summed E-state index contributed by atoms with van der Waals surface area (Å²) in [4.78, 5) is 0. The minimum absolute atomic E-state index is 0.503. The van der Waals surface area contributed by atoms with Crippen molar-refractivity contribution in [2.24, 2.45) is 5.73 Å². The Hall–Kier alpha value is -1.52. The Morgan fingerprint density at radius 2 is 1.58 bits per heavy atom. The minimum atomic E-state index is 0.503. The normalized spacial score (nSPS) is 10.2. The van der Waals surface area contributed by atoms with E-state index in [-0.39, 0.29) is 0 Å². The van der Waals surface area contributed by atoms with Gasteiger partial charge in [0.25, 0.3) is 0 Å². The van der Waals surface area contributed by atoms with E-state index >= 15 is 0 Å². The molecule has 0 aromatic heterocycles. The molecule has 2 N–H and O–H groups in total. The lowest BCUT2D eigenvalue weighted by Crippen LogP contribution is -2.09. The van der Waals surface area contributed by atoms with Gasteiger partial charge in [-0.2, -0.15) is 0 Å². The van der Waals surface area contributed by atoms with Crippen LogP contribution in [-0.2, 0) is 6.54 Å². The third kappa shape index (κ3) is 4.26. The van der Waals surface area contributed by atoms with E-state index in [0.717, 1.165) is 21.5 Å². The molecule has 19 heavy (non-hydrogen) atoms. The molecule has 2 aromatic rings. The molecule has 0 spiro atoms. The molecular formula is C15H16BrNO2. The molecule has 0 saturated heterocycles. The van der Waals surface area contributed by atoms with E-state index in [2.05, 4.69) is 15.9 Å². The van der Waals surface area contributed by atoms with Crippen LogP contribution < -0.4 is 15.2 Å².